The summed E-state index contributed by atoms with van der Waals surface area (Å²) in [7, 11) is 0. The van der Waals surface area contributed by atoms with Gasteiger partial charge in [-0.05, 0) is 0 Å². The summed E-state index contributed by atoms with van der Waals surface area (Å²) in [6.07, 6.45) is -11.0. The van der Waals surface area contributed by atoms with Gasteiger partial charge in [0, 0.05) is 25.2 Å². The summed E-state index contributed by atoms with van der Waals surface area (Å²) >= 11 is 0. The van der Waals surface area contributed by atoms with Crippen LogP contribution in [-0.4, -0.2) is 37.5 Å². The second-order valence-corrected chi connectivity index (χ2v) is 3.86. The summed E-state index contributed by atoms with van der Waals surface area (Å²) in [5.41, 5.74) is 0. The van der Waals surface area contributed by atoms with Gasteiger partial charge in [-0.3, -0.25) is 0 Å². The van der Waals surface area contributed by atoms with E-state index in [2.05, 4.69) is 10.6 Å². The molecule has 8 heteroatoms. The first kappa shape index (κ1) is 13.6. The van der Waals surface area contributed by atoms with Gasteiger partial charge in [0.2, 0.25) is 0 Å². The second-order valence-electron chi connectivity index (χ2n) is 3.86. The Morgan fingerprint density at radius 3 is 1.50 bits per heavy atom. The van der Waals surface area contributed by atoms with Gasteiger partial charge >= 0.3 is 12.4 Å². The number of hydrogen-bond acceptors (Lipinski definition) is 2. The zero-order chi connectivity index (χ0) is 12.4. The lowest BCUT2D eigenvalue weighted by molar-refractivity contribution is -0.148. The molecular formula is C8H12F6N2. The van der Waals surface area contributed by atoms with Crippen LogP contribution in [0.5, 0.6) is 0 Å². The van der Waals surface area contributed by atoms with Crippen LogP contribution in [0.3, 0.4) is 0 Å². The monoisotopic (exact) mass is 250 g/mol. The van der Waals surface area contributed by atoms with E-state index < -0.39 is 37.3 Å². The normalized spacial score (nSPS) is 28.1. The molecule has 1 aliphatic heterocycles. The predicted molar refractivity (Wildman–Crippen MR) is 44.9 cm³/mol. The van der Waals surface area contributed by atoms with Crippen LogP contribution >= 0.6 is 0 Å². The second kappa shape index (κ2) is 4.79. The van der Waals surface area contributed by atoms with Gasteiger partial charge in [0.1, 0.15) is 0 Å². The molecule has 1 heterocycles. The molecule has 2 atom stereocenters. The molecule has 16 heavy (non-hydrogen) atoms. The molecule has 0 aliphatic carbocycles. The zero-order valence-electron chi connectivity index (χ0n) is 8.25. The Labute approximate surface area is 88.4 Å². The van der Waals surface area contributed by atoms with Crippen molar-refractivity contribution in [2.45, 2.75) is 37.3 Å². The first-order chi connectivity index (χ1) is 7.16. The first-order valence-corrected chi connectivity index (χ1v) is 4.76. The molecule has 1 fully saturated rings. The van der Waals surface area contributed by atoms with Crippen molar-refractivity contribution in [3.05, 3.63) is 0 Å². The first-order valence-electron chi connectivity index (χ1n) is 4.76. The standard InChI is InChI=1S/C8H12F6N2/c9-7(10,11)1-5-3-15-4-6(16-5)2-8(12,13)14/h5-6,15-16H,1-4H2/t5-,6+. The Balaban J connectivity index is 2.41. The third kappa shape index (κ3) is 5.55. The van der Waals surface area contributed by atoms with Crippen molar-refractivity contribution in [2.24, 2.45) is 0 Å². The summed E-state index contributed by atoms with van der Waals surface area (Å²) < 4.78 is 72.1. The summed E-state index contributed by atoms with van der Waals surface area (Å²) in [5.74, 6) is 0. The van der Waals surface area contributed by atoms with Gasteiger partial charge in [0.15, 0.2) is 0 Å². The van der Waals surface area contributed by atoms with E-state index in [1.807, 2.05) is 0 Å². The number of nitrogens with one attached hydrogen (secondary N) is 2. The smallest absolute Gasteiger partial charge is 0.314 e. The largest absolute Gasteiger partial charge is 0.390 e. The molecule has 0 aromatic carbocycles. The van der Waals surface area contributed by atoms with Crippen molar-refractivity contribution >= 4 is 0 Å². The van der Waals surface area contributed by atoms with Crippen LogP contribution in [0.2, 0.25) is 0 Å². The highest BCUT2D eigenvalue weighted by Gasteiger charge is 2.37. The number of rotatable bonds is 2. The SMILES string of the molecule is FC(F)(F)C[C@H]1CNC[C@@H](CC(F)(F)F)N1. The Morgan fingerprint density at radius 2 is 1.19 bits per heavy atom. The summed E-state index contributed by atoms with van der Waals surface area (Å²) in [6, 6.07) is -1.97. The average Bonchev–Trinajstić information content (AvgIpc) is 1.96. The minimum absolute atomic E-state index is 0.0356. The van der Waals surface area contributed by atoms with Gasteiger partial charge in [-0.25, -0.2) is 0 Å². The highest BCUT2D eigenvalue weighted by molar-refractivity contribution is 4.86. The highest BCUT2D eigenvalue weighted by atomic mass is 19.4. The van der Waals surface area contributed by atoms with E-state index in [1.165, 1.54) is 0 Å². The van der Waals surface area contributed by atoms with E-state index in [0.717, 1.165) is 0 Å². The van der Waals surface area contributed by atoms with Gasteiger partial charge in [-0.15, -0.1) is 0 Å². The fraction of sp³-hybridized carbons (Fsp3) is 1.00. The summed E-state index contributed by atoms with van der Waals surface area (Å²) in [6.45, 7) is 0.0712. The van der Waals surface area contributed by atoms with Gasteiger partial charge in [-0.1, -0.05) is 0 Å². The molecule has 2 N–H and O–H groups in total. The molecule has 1 aliphatic rings. The van der Waals surface area contributed by atoms with Crippen molar-refractivity contribution in [2.75, 3.05) is 13.1 Å². The lowest BCUT2D eigenvalue weighted by Crippen LogP contribution is -2.57. The van der Waals surface area contributed by atoms with Crippen molar-refractivity contribution < 1.29 is 26.3 Å². The van der Waals surface area contributed by atoms with E-state index in [0.29, 0.717) is 0 Å². The number of halogens is 6. The van der Waals surface area contributed by atoms with E-state index in [1.54, 1.807) is 0 Å². The van der Waals surface area contributed by atoms with Crippen LogP contribution in [-0.2, 0) is 0 Å². The van der Waals surface area contributed by atoms with Crippen molar-refractivity contribution in [3.63, 3.8) is 0 Å². The Bertz CT molecular complexity index is 202. The van der Waals surface area contributed by atoms with Gasteiger partial charge in [0.25, 0.3) is 0 Å². The molecule has 0 aromatic heterocycles. The minimum atomic E-state index is -4.36. The molecule has 0 amide bonds. The van der Waals surface area contributed by atoms with Crippen molar-refractivity contribution in [1.29, 1.82) is 0 Å². The minimum Gasteiger partial charge on any atom is -0.314 e. The van der Waals surface area contributed by atoms with Gasteiger partial charge in [0.05, 0.1) is 12.8 Å². The number of hydrogen-bond donors (Lipinski definition) is 2. The van der Waals surface area contributed by atoms with Crippen molar-refractivity contribution in [3.8, 4) is 0 Å². The number of piperazine rings is 1. The van der Waals surface area contributed by atoms with Crippen LogP contribution < -0.4 is 10.6 Å². The Kier molecular flexibility index (Phi) is 4.06. The molecular weight excluding hydrogens is 238 g/mol. The maximum atomic E-state index is 12.0. The predicted octanol–water partition coefficient (Wildman–Crippen LogP) is 1.82. The maximum Gasteiger partial charge on any atom is 0.390 e. The highest BCUT2D eigenvalue weighted by Crippen LogP contribution is 2.25. The molecule has 96 valence electrons. The van der Waals surface area contributed by atoms with E-state index >= 15 is 0 Å². The molecule has 0 spiro atoms. The Hall–Kier alpha value is -0.500. The quantitative estimate of drug-likeness (QED) is 0.730. The maximum absolute atomic E-state index is 12.0. The number of alkyl halides is 6. The fourth-order valence-electron chi connectivity index (χ4n) is 1.70. The van der Waals surface area contributed by atoms with Crippen molar-refractivity contribution in [1.82, 2.24) is 10.6 Å². The molecule has 0 unspecified atom stereocenters. The zero-order valence-corrected chi connectivity index (χ0v) is 8.25. The molecule has 1 saturated heterocycles. The lowest BCUT2D eigenvalue weighted by atomic mass is 10.1. The molecule has 1 rings (SSSR count). The molecule has 0 saturated carbocycles. The van der Waals surface area contributed by atoms with Gasteiger partial charge < -0.3 is 10.6 Å². The summed E-state index contributed by atoms with van der Waals surface area (Å²) in [4.78, 5) is 0. The Morgan fingerprint density at radius 1 is 0.812 bits per heavy atom. The molecule has 0 bridgehead atoms. The topological polar surface area (TPSA) is 24.1 Å². The van der Waals surface area contributed by atoms with E-state index in [-0.39, 0.29) is 13.1 Å². The average molecular weight is 250 g/mol. The van der Waals surface area contributed by atoms with Crippen LogP contribution in [0.1, 0.15) is 12.8 Å². The van der Waals surface area contributed by atoms with Crippen LogP contribution in [0, 0.1) is 0 Å². The molecule has 2 nitrogen and oxygen atoms in total. The molecule has 0 radical (unpaired) electrons. The third-order valence-electron chi connectivity index (χ3n) is 2.21. The van der Waals surface area contributed by atoms with Gasteiger partial charge in [-0.2, -0.15) is 26.3 Å². The fourth-order valence-corrected chi connectivity index (χ4v) is 1.70. The lowest BCUT2D eigenvalue weighted by Gasteiger charge is -2.32. The van der Waals surface area contributed by atoms with E-state index in [9.17, 15) is 26.3 Å². The van der Waals surface area contributed by atoms with Crippen LogP contribution in [0.4, 0.5) is 26.3 Å². The van der Waals surface area contributed by atoms with Crippen LogP contribution in [0.15, 0.2) is 0 Å². The van der Waals surface area contributed by atoms with Crippen LogP contribution in [0.25, 0.3) is 0 Å². The summed E-state index contributed by atoms with van der Waals surface area (Å²) in [5, 5.41) is 4.93. The van der Waals surface area contributed by atoms with E-state index in [4.69, 9.17) is 0 Å². The third-order valence-corrected chi connectivity index (χ3v) is 2.21. The molecule has 0 aromatic rings.